The molecular weight excluding hydrogens is 432 g/mol. The third kappa shape index (κ3) is 5.44. The number of carbonyl (C=O) groups is 1. The van der Waals surface area contributed by atoms with Crippen molar-refractivity contribution < 1.29 is 27.1 Å². The average molecular weight is 458 g/mol. The van der Waals surface area contributed by atoms with E-state index in [0.29, 0.717) is 0 Å². The number of carbonyl (C=O) groups excluding carboxylic acids is 1. The second-order valence-corrected chi connectivity index (χ2v) is 10.1. The standard InChI is InChI=1S/C19H25F2N5O4S/c1-10(9-27)23-15-8-14(19(2,3)31(5,29)30)24-17(25-15)11-6-12(20)16(13(21)7-11)26-18(28)22-4/h6-8,10,27H,9H2,1-5H3,(H2,22,26,28)(H,23,24,25)/t10-/m0/s1. The number of benzene rings is 1. The quantitative estimate of drug-likeness (QED) is 0.501. The Morgan fingerprint density at radius 2 is 1.77 bits per heavy atom. The van der Waals surface area contributed by atoms with Crippen molar-refractivity contribution in [3.63, 3.8) is 0 Å². The Morgan fingerprint density at radius 3 is 2.26 bits per heavy atom. The molecule has 9 nitrogen and oxygen atoms in total. The van der Waals surface area contributed by atoms with Gasteiger partial charge in [0.1, 0.15) is 16.3 Å². The highest BCUT2D eigenvalue weighted by Crippen LogP contribution is 2.32. The monoisotopic (exact) mass is 457 g/mol. The number of anilines is 2. The number of nitrogens with one attached hydrogen (secondary N) is 3. The highest BCUT2D eigenvalue weighted by atomic mass is 32.2. The van der Waals surface area contributed by atoms with Gasteiger partial charge in [0, 0.05) is 31.0 Å². The van der Waals surface area contributed by atoms with E-state index in [1.807, 2.05) is 5.32 Å². The van der Waals surface area contributed by atoms with Crippen LogP contribution in [0.15, 0.2) is 18.2 Å². The van der Waals surface area contributed by atoms with Crippen LogP contribution in [0.2, 0.25) is 0 Å². The summed E-state index contributed by atoms with van der Waals surface area (Å²) in [5, 5.41) is 16.4. The summed E-state index contributed by atoms with van der Waals surface area (Å²) in [5.74, 6) is -2.08. The van der Waals surface area contributed by atoms with E-state index in [2.05, 4.69) is 20.6 Å². The second-order valence-electron chi connectivity index (χ2n) is 7.49. The van der Waals surface area contributed by atoms with Crippen molar-refractivity contribution in [2.45, 2.75) is 31.6 Å². The Morgan fingerprint density at radius 1 is 1.19 bits per heavy atom. The molecule has 2 aromatic rings. The lowest BCUT2D eigenvalue weighted by atomic mass is 10.1. The third-order valence-corrected chi connectivity index (χ3v) is 6.77. The van der Waals surface area contributed by atoms with Crippen LogP contribution < -0.4 is 16.0 Å². The van der Waals surface area contributed by atoms with Crippen LogP contribution in [0.3, 0.4) is 0 Å². The van der Waals surface area contributed by atoms with Crippen molar-refractivity contribution in [2.75, 3.05) is 30.5 Å². The Hall–Kier alpha value is -2.86. The number of aliphatic hydroxyl groups is 1. The number of halogens is 2. The number of amides is 2. The van der Waals surface area contributed by atoms with E-state index < -0.39 is 44.0 Å². The first-order valence-electron chi connectivity index (χ1n) is 9.24. The number of hydrogen-bond donors (Lipinski definition) is 4. The minimum Gasteiger partial charge on any atom is -0.394 e. The molecule has 0 radical (unpaired) electrons. The van der Waals surface area contributed by atoms with Crippen LogP contribution in [-0.2, 0) is 14.6 Å². The van der Waals surface area contributed by atoms with Crippen LogP contribution in [0.4, 0.5) is 25.1 Å². The summed E-state index contributed by atoms with van der Waals surface area (Å²) < 4.78 is 52.1. The van der Waals surface area contributed by atoms with Crippen molar-refractivity contribution >= 4 is 27.4 Å². The lowest BCUT2D eigenvalue weighted by Gasteiger charge is -2.24. The summed E-state index contributed by atoms with van der Waals surface area (Å²) in [6.45, 7) is 4.34. The van der Waals surface area contributed by atoms with Crippen molar-refractivity contribution in [1.82, 2.24) is 15.3 Å². The number of sulfone groups is 1. The van der Waals surface area contributed by atoms with Gasteiger partial charge in [-0.15, -0.1) is 0 Å². The second kappa shape index (κ2) is 9.10. The molecule has 1 atom stereocenters. The van der Waals surface area contributed by atoms with Gasteiger partial charge in [0.05, 0.1) is 12.3 Å². The third-order valence-electron chi connectivity index (χ3n) is 4.70. The fraction of sp³-hybridized carbons (Fsp3) is 0.421. The lowest BCUT2D eigenvalue weighted by molar-refractivity contribution is 0.253. The van der Waals surface area contributed by atoms with Crippen molar-refractivity contribution in [1.29, 1.82) is 0 Å². The molecule has 0 bridgehead atoms. The molecule has 0 aliphatic heterocycles. The Balaban J connectivity index is 2.66. The van der Waals surface area contributed by atoms with Crippen molar-refractivity contribution in [2.24, 2.45) is 0 Å². The van der Waals surface area contributed by atoms with Crippen LogP contribution in [0.25, 0.3) is 11.4 Å². The van der Waals surface area contributed by atoms with E-state index in [4.69, 9.17) is 0 Å². The van der Waals surface area contributed by atoms with Crippen molar-refractivity contribution in [3.05, 3.63) is 35.5 Å². The molecular formula is C19H25F2N5O4S. The number of hydrogen-bond acceptors (Lipinski definition) is 7. The van der Waals surface area contributed by atoms with E-state index >= 15 is 0 Å². The molecule has 0 unspecified atom stereocenters. The maximum absolute atomic E-state index is 14.5. The number of aliphatic hydroxyl groups excluding tert-OH is 1. The van der Waals surface area contributed by atoms with E-state index in [0.717, 1.165) is 18.4 Å². The smallest absolute Gasteiger partial charge is 0.319 e. The fourth-order valence-electron chi connectivity index (χ4n) is 2.44. The van der Waals surface area contributed by atoms with Gasteiger partial charge in [0.25, 0.3) is 0 Å². The van der Waals surface area contributed by atoms with Crippen molar-refractivity contribution in [3.8, 4) is 11.4 Å². The normalized spacial score (nSPS) is 12.9. The van der Waals surface area contributed by atoms with Gasteiger partial charge >= 0.3 is 6.03 Å². The number of urea groups is 1. The van der Waals surface area contributed by atoms with E-state index in [9.17, 15) is 27.1 Å². The number of aromatic nitrogens is 2. The minimum absolute atomic E-state index is 0.0664. The molecule has 0 aliphatic rings. The van der Waals surface area contributed by atoms with Gasteiger partial charge < -0.3 is 21.1 Å². The Bertz CT molecular complexity index is 1070. The average Bonchev–Trinajstić information content (AvgIpc) is 2.69. The summed E-state index contributed by atoms with van der Waals surface area (Å²) in [5.41, 5.74) is -0.618. The van der Waals surface area contributed by atoms with Gasteiger partial charge in [-0.25, -0.2) is 32.0 Å². The molecule has 0 fully saturated rings. The minimum atomic E-state index is -3.61. The van der Waals surface area contributed by atoms with Crippen LogP contribution in [0, 0.1) is 11.6 Å². The maximum Gasteiger partial charge on any atom is 0.319 e. The van der Waals surface area contributed by atoms with Gasteiger partial charge in [-0.1, -0.05) is 0 Å². The highest BCUT2D eigenvalue weighted by Gasteiger charge is 2.35. The lowest BCUT2D eigenvalue weighted by Crippen LogP contribution is -2.30. The van der Waals surface area contributed by atoms with Gasteiger partial charge in [-0.3, -0.25) is 0 Å². The van der Waals surface area contributed by atoms with E-state index in [1.54, 1.807) is 6.92 Å². The summed E-state index contributed by atoms with van der Waals surface area (Å²) in [6, 6.07) is 2.04. The molecule has 2 rings (SSSR count). The molecule has 0 spiro atoms. The molecule has 2 amide bonds. The van der Waals surface area contributed by atoms with Gasteiger partial charge in [-0.2, -0.15) is 0 Å². The highest BCUT2D eigenvalue weighted by molar-refractivity contribution is 7.91. The zero-order valence-electron chi connectivity index (χ0n) is 17.7. The van der Waals surface area contributed by atoms with Gasteiger partial charge in [0.2, 0.25) is 0 Å². The molecule has 1 aromatic carbocycles. The van der Waals surface area contributed by atoms with Crippen LogP contribution in [-0.4, -0.2) is 55.5 Å². The first-order valence-corrected chi connectivity index (χ1v) is 11.1. The van der Waals surface area contributed by atoms with Crippen LogP contribution >= 0.6 is 0 Å². The zero-order chi connectivity index (χ0) is 23.6. The maximum atomic E-state index is 14.5. The predicted octanol–water partition coefficient (Wildman–Crippen LogP) is 2.25. The molecule has 1 aromatic heterocycles. The molecule has 170 valence electrons. The largest absolute Gasteiger partial charge is 0.394 e. The van der Waals surface area contributed by atoms with Crippen LogP contribution in [0.5, 0.6) is 0 Å². The molecule has 1 heterocycles. The zero-order valence-corrected chi connectivity index (χ0v) is 18.6. The SMILES string of the molecule is CNC(=O)Nc1c(F)cc(-c2nc(N[C@@H](C)CO)cc(C(C)(C)S(C)(=O)=O)n2)cc1F. The van der Waals surface area contributed by atoms with Gasteiger partial charge in [0.15, 0.2) is 27.3 Å². The van der Waals surface area contributed by atoms with Gasteiger partial charge in [-0.05, 0) is 32.9 Å². The summed E-state index contributed by atoms with van der Waals surface area (Å²) in [7, 11) is -2.32. The summed E-state index contributed by atoms with van der Waals surface area (Å²) in [4.78, 5) is 19.9. The molecule has 0 aliphatic carbocycles. The summed E-state index contributed by atoms with van der Waals surface area (Å²) in [6.07, 6.45) is 1.05. The molecule has 0 saturated heterocycles. The molecule has 31 heavy (non-hydrogen) atoms. The molecule has 4 N–H and O–H groups in total. The van der Waals surface area contributed by atoms with E-state index in [-0.39, 0.29) is 29.5 Å². The van der Waals surface area contributed by atoms with Crippen LogP contribution in [0.1, 0.15) is 26.5 Å². The first-order chi connectivity index (χ1) is 14.3. The first kappa shape index (κ1) is 24.4. The Labute approximate surface area is 179 Å². The van der Waals surface area contributed by atoms with E-state index in [1.165, 1.54) is 27.0 Å². The topological polar surface area (TPSA) is 133 Å². The predicted molar refractivity (Wildman–Crippen MR) is 114 cm³/mol. The number of rotatable bonds is 7. The fourth-order valence-corrected chi connectivity index (χ4v) is 2.93. The summed E-state index contributed by atoms with van der Waals surface area (Å²) >= 11 is 0. The Kier molecular flexibility index (Phi) is 7.17. The number of nitrogens with zero attached hydrogens (tertiary/aromatic N) is 2. The molecule has 0 saturated carbocycles. The molecule has 12 heteroatoms.